The van der Waals surface area contributed by atoms with E-state index in [1.807, 2.05) is 73.6 Å². The van der Waals surface area contributed by atoms with Crippen LogP contribution in [0.5, 0.6) is 0 Å². The summed E-state index contributed by atoms with van der Waals surface area (Å²) >= 11 is 6.26. The van der Waals surface area contributed by atoms with Crippen LogP contribution in [0.1, 0.15) is 111 Å². The fourth-order valence-electron chi connectivity index (χ4n) is 6.91. The van der Waals surface area contributed by atoms with Crippen LogP contribution in [0.4, 0.5) is 15.3 Å². The highest BCUT2D eigenvalue weighted by Crippen LogP contribution is 2.33. The monoisotopic (exact) mass is 890 g/mol. The Hall–Kier alpha value is -5.21. The standard InChI is InChI=1S/C24H33N3O4.C14H14ClNO2.C10H20N2O2/c1-7-30-22(28)19-15-25-20-14-17(3)16(2)13-18(20)21(19)26-9-8-10-27(12-11-26)23(29)31-24(4,5)6;1-4-18-14(17)11-7-16-12-6-9(3)8(2)5-10(12)13(11)15;1-10(2,3)14-9(13)12-7-4-5-11-6-8-12/h13-15H,7-12H2,1-6H3;5-7H,4H2,1-3H3;11H,4-8H2,1-3H3. The van der Waals surface area contributed by atoms with Crippen molar-refractivity contribution in [2.45, 2.75) is 107 Å². The second-order valence-corrected chi connectivity index (χ2v) is 18.1. The van der Waals surface area contributed by atoms with Crippen LogP contribution in [-0.2, 0) is 18.9 Å². The molecule has 344 valence electrons. The number of carbonyl (C=O) groups is 4. The summed E-state index contributed by atoms with van der Waals surface area (Å²) in [5, 5.41) is 5.36. The first kappa shape index (κ1) is 50.4. The first-order chi connectivity index (χ1) is 29.6. The van der Waals surface area contributed by atoms with Gasteiger partial charge in [-0.1, -0.05) is 11.6 Å². The quantitative estimate of drug-likeness (QED) is 0.150. The van der Waals surface area contributed by atoms with Crippen LogP contribution >= 0.6 is 11.6 Å². The smallest absolute Gasteiger partial charge is 0.410 e. The van der Waals surface area contributed by atoms with E-state index in [-0.39, 0.29) is 18.2 Å². The van der Waals surface area contributed by atoms with E-state index in [0.29, 0.717) is 49.0 Å². The molecule has 0 bridgehead atoms. The van der Waals surface area contributed by atoms with Crippen LogP contribution in [0.2, 0.25) is 5.02 Å². The summed E-state index contributed by atoms with van der Waals surface area (Å²) in [5.74, 6) is -0.812. The molecule has 15 heteroatoms. The number of carbonyl (C=O) groups excluding carboxylic acids is 4. The zero-order chi connectivity index (χ0) is 46.6. The number of hydrogen-bond acceptors (Lipinski definition) is 12. The van der Waals surface area contributed by atoms with Gasteiger partial charge < -0.3 is 39.0 Å². The number of esters is 2. The molecular weight excluding hydrogens is 824 g/mol. The lowest BCUT2D eigenvalue weighted by Crippen LogP contribution is -2.39. The summed E-state index contributed by atoms with van der Waals surface area (Å²) in [6.07, 6.45) is 4.36. The van der Waals surface area contributed by atoms with Crippen LogP contribution in [-0.4, -0.2) is 121 Å². The molecule has 4 heterocycles. The molecule has 0 atom stereocenters. The van der Waals surface area contributed by atoms with Crippen LogP contribution in [0.3, 0.4) is 0 Å². The number of rotatable bonds is 5. The maximum atomic E-state index is 12.7. The Bertz CT molecular complexity index is 2240. The van der Waals surface area contributed by atoms with Gasteiger partial charge in [0.05, 0.1) is 40.5 Å². The third kappa shape index (κ3) is 14.4. The van der Waals surface area contributed by atoms with Crippen molar-refractivity contribution in [2.75, 3.05) is 70.5 Å². The van der Waals surface area contributed by atoms with Gasteiger partial charge in [-0.15, -0.1) is 0 Å². The maximum absolute atomic E-state index is 12.7. The summed E-state index contributed by atoms with van der Waals surface area (Å²) in [4.78, 5) is 63.2. The van der Waals surface area contributed by atoms with Gasteiger partial charge in [0.2, 0.25) is 0 Å². The molecule has 1 N–H and O–H groups in total. The minimum Gasteiger partial charge on any atom is -0.462 e. The number of anilines is 1. The third-order valence-electron chi connectivity index (χ3n) is 10.3. The van der Waals surface area contributed by atoms with Gasteiger partial charge in [-0.05, 0) is 149 Å². The van der Waals surface area contributed by atoms with E-state index in [1.54, 1.807) is 29.8 Å². The Labute approximate surface area is 377 Å². The lowest BCUT2D eigenvalue weighted by molar-refractivity contribution is 0.0252. The van der Waals surface area contributed by atoms with Crippen molar-refractivity contribution in [1.29, 1.82) is 0 Å². The Kier molecular flexibility index (Phi) is 17.9. The van der Waals surface area contributed by atoms with Gasteiger partial charge in [0.1, 0.15) is 16.8 Å². The normalized spacial score (nSPS) is 14.7. The lowest BCUT2D eigenvalue weighted by Gasteiger charge is -2.28. The number of aryl methyl sites for hydroxylation is 4. The molecule has 0 radical (unpaired) electrons. The average Bonchev–Trinajstić information content (AvgIpc) is 3.63. The zero-order valence-electron chi connectivity index (χ0n) is 39.3. The third-order valence-corrected chi connectivity index (χ3v) is 10.7. The molecule has 0 spiro atoms. The Morgan fingerprint density at radius 1 is 0.619 bits per heavy atom. The predicted octanol–water partition coefficient (Wildman–Crippen LogP) is 9.37. The van der Waals surface area contributed by atoms with Crippen molar-refractivity contribution in [3.8, 4) is 0 Å². The number of nitrogens with one attached hydrogen (secondary N) is 1. The minimum absolute atomic E-state index is 0.193. The number of fused-ring (bicyclic) bond motifs is 2. The van der Waals surface area contributed by atoms with E-state index in [1.165, 1.54) is 6.20 Å². The second-order valence-electron chi connectivity index (χ2n) is 17.7. The van der Waals surface area contributed by atoms with E-state index in [9.17, 15) is 19.2 Å². The molecule has 0 aliphatic carbocycles. The highest BCUT2D eigenvalue weighted by Gasteiger charge is 2.28. The molecule has 2 aliphatic rings. The van der Waals surface area contributed by atoms with Crippen molar-refractivity contribution in [2.24, 2.45) is 0 Å². The van der Waals surface area contributed by atoms with E-state index in [0.717, 1.165) is 95.3 Å². The molecule has 2 aliphatic heterocycles. The summed E-state index contributed by atoms with van der Waals surface area (Å²) in [7, 11) is 0. The summed E-state index contributed by atoms with van der Waals surface area (Å²) in [6.45, 7) is 29.4. The van der Waals surface area contributed by atoms with E-state index < -0.39 is 17.2 Å². The van der Waals surface area contributed by atoms with Gasteiger partial charge in [-0.2, -0.15) is 0 Å². The van der Waals surface area contributed by atoms with Gasteiger partial charge in [-0.3, -0.25) is 9.97 Å². The highest BCUT2D eigenvalue weighted by atomic mass is 35.5. The SMILES string of the molecule is CC(C)(C)OC(=O)N1CCCNCC1.CCOC(=O)c1cnc2cc(C)c(C)cc2c1Cl.CCOC(=O)c1cnc2cc(C)c(C)cc2c1N1CCCN(C(=O)OC(C)(C)C)CC1. The minimum atomic E-state index is -0.531. The number of aromatic nitrogens is 2. The molecule has 63 heavy (non-hydrogen) atoms. The molecular formula is C48H67ClN6O8. The Balaban J connectivity index is 0.000000230. The Morgan fingerprint density at radius 3 is 1.65 bits per heavy atom. The summed E-state index contributed by atoms with van der Waals surface area (Å²) < 4.78 is 21.1. The fourth-order valence-corrected chi connectivity index (χ4v) is 7.19. The number of hydrogen-bond donors (Lipinski definition) is 1. The fraction of sp³-hybridized carbons (Fsp3) is 0.542. The van der Waals surface area contributed by atoms with Crippen LogP contribution in [0, 0.1) is 27.7 Å². The number of pyridine rings is 2. The molecule has 2 amide bonds. The average molecular weight is 892 g/mol. The van der Waals surface area contributed by atoms with Crippen LogP contribution in [0.15, 0.2) is 36.7 Å². The highest BCUT2D eigenvalue weighted by molar-refractivity contribution is 6.38. The van der Waals surface area contributed by atoms with Gasteiger partial charge >= 0.3 is 24.1 Å². The summed E-state index contributed by atoms with van der Waals surface area (Å²) in [6, 6.07) is 8.05. The number of ether oxygens (including phenoxy) is 4. The van der Waals surface area contributed by atoms with Crippen molar-refractivity contribution < 1.29 is 38.1 Å². The van der Waals surface area contributed by atoms with Gasteiger partial charge in [-0.25, -0.2) is 19.2 Å². The first-order valence-electron chi connectivity index (χ1n) is 21.8. The van der Waals surface area contributed by atoms with Gasteiger partial charge in [0.15, 0.2) is 0 Å². The van der Waals surface area contributed by atoms with Crippen LogP contribution < -0.4 is 10.2 Å². The van der Waals surface area contributed by atoms with E-state index in [2.05, 4.69) is 40.1 Å². The van der Waals surface area contributed by atoms with Crippen molar-refractivity contribution in [3.63, 3.8) is 0 Å². The summed E-state index contributed by atoms with van der Waals surface area (Å²) in [5.41, 5.74) is 6.88. The number of nitrogens with zero attached hydrogens (tertiary/aromatic N) is 5. The molecule has 2 fully saturated rings. The molecule has 4 aromatic rings. The zero-order valence-corrected chi connectivity index (χ0v) is 40.1. The Morgan fingerprint density at radius 2 is 1.10 bits per heavy atom. The molecule has 2 saturated heterocycles. The number of halogens is 1. The van der Waals surface area contributed by atoms with E-state index >= 15 is 0 Å². The second kappa shape index (κ2) is 22.4. The molecule has 2 aromatic heterocycles. The molecule has 2 aromatic carbocycles. The molecule has 14 nitrogen and oxygen atoms in total. The topological polar surface area (TPSA) is 153 Å². The van der Waals surface area contributed by atoms with Gasteiger partial charge in [0.25, 0.3) is 0 Å². The lowest BCUT2D eigenvalue weighted by atomic mass is 10.0. The number of benzene rings is 2. The van der Waals surface area contributed by atoms with Crippen LogP contribution in [0.25, 0.3) is 21.8 Å². The molecule has 6 rings (SSSR count). The van der Waals surface area contributed by atoms with Crippen molar-refractivity contribution >= 4 is 63.2 Å². The molecule has 0 saturated carbocycles. The maximum Gasteiger partial charge on any atom is 0.410 e. The van der Waals surface area contributed by atoms with Gasteiger partial charge in [0, 0.05) is 69.0 Å². The number of amides is 2. The van der Waals surface area contributed by atoms with Crippen molar-refractivity contribution in [3.05, 3.63) is 75.1 Å². The predicted molar refractivity (Wildman–Crippen MR) is 249 cm³/mol. The first-order valence-corrected chi connectivity index (χ1v) is 22.2. The molecule has 0 unspecified atom stereocenters. The van der Waals surface area contributed by atoms with Crippen molar-refractivity contribution in [1.82, 2.24) is 25.1 Å². The van der Waals surface area contributed by atoms with E-state index in [4.69, 9.17) is 30.5 Å². The largest absolute Gasteiger partial charge is 0.462 e.